The summed E-state index contributed by atoms with van der Waals surface area (Å²) in [6.45, 7) is 4.30. The lowest BCUT2D eigenvalue weighted by molar-refractivity contribution is 0.0697. The van der Waals surface area contributed by atoms with Gasteiger partial charge in [-0.3, -0.25) is 0 Å². The van der Waals surface area contributed by atoms with Crippen LogP contribution in [-0.2, 0) is 6.42 Å². The molecule has 1 aromatic carbocycles. The smallest absolute Gasteiger partial charge is 0.335 e. The Labute approximate surface area is 106 Å². The topological polar surface area (TPSA) is 78.4 Å². The maximum atomic E-state index is 11.3. The fraction of sp³-hybridized carbons (Fsp3) is 0.385. The maximum absolute atomic E-state index is 11.3. The molecule has 0 atom stereocenters. The van der Waals surface area contributed by atoms with Crippen LogP contribution in [0.2, 0.25) is 0 Å². The molecule has 2 amide bonds. The third-order valence-electron chi connectivity index (χ3n) is 2.32. The first-order valence-electron chi connectivity index (χ1n) is 5.85. The van der Waals surface area contributed by atoms with Gasteiger partial charge in [-0.2, -0.15) is 0 Å². The summed E-state index contributed by atoms with van der Waals surface area (Å²) in [5.74, 6) is -0.934. The van der Waals surface area contributed by atoms with Crippen molar-refractivity contribution in [2.24, 2.45) is 0 Å². The van der Waals surface area contributed by atoms with Crippen LogP contribution in [0.5, 0.6) is 0 Å². The normalized spacial score (nSPS) is 10.2. The minimum absolute atomic E-state index is 0.111. The highest BCUT2D eigenvalue weighted by atomic mass is 16.4. The summed E-state index contributed by atoms with van der Waals surface area (Å²) < 4.78 is 0. The van der Waals surface area contributed by atoms with E-state index in [4.69, 9.17) is 5.11 Å². The number of hydrogen-bond acceptors (Lipinski definition) is 2. The Kier molecular flexibility index (Phi) is 5.17. The number of carbonyl (C=O) groups excluding carboxylic acids is 1. The highest BCUT2D eigenvalue weighted by molar-refractivity contribution is 5.87. The molecule has 0 saturated heterocycles. The van der Waals surface area contributed by atoms with Crippen molar-refractivity contribution >= 4 is 12.0 Å². The second-order valence-corrected chi connectivity index (χ2v) is 4.31. The Morgan fingerprint density at radius 2 is 1.83 bits per heavy atom. The van der Waals surface area contributed by atoms with Crippen LogP contribution in [0.3, 0.4) is 0 Å². The number of carboxylic acid groups (broad SMARTS) is 1. The van der Waals surface area contributed by atoms with E-state index in [1.54, 1.807) is 24.3 Å². The van der Waals surface area contributed by atoms with Crippen LogP contribution in [0, 0.1) is 0 Å². The molecule has 0 aliphatic heterocycles. The van der Waals surface area contributed by atoms with Gasteiger partial charge in [-0.1, -0.05) is 12.1 Å². The molecule has 1 aromatic rings. The predicted octanol–water partition coefficient (Wildman–Crippen LogP) is 1.63. The van der Waals surface area contributed by atoms with E-state index in [9.17, 15) is 9.59 Å². The quantitative estimate of drug-likeness (QED) is 0.743. The highest BCUT2D eigenvalue weighted by Gasteiger charge is 2.03. The minimum Gasteiger partial charge on any atom is -0.478 e. The van der Waals surface area contributed by atoms with Crippen molar-refractivity contribution in [3.8, 4) is 0 Å². The van der Waals surface area contributed by atoms with Crippen molar-refractivity contribution in [1.82, 2.24) is 10.6 Å². The van der Waals surface area contributed by atoms with E-state index in [0.29, 0.717) is 13.0 Å². The fourth-order valence-corrected chi connectivity index (χ4v) is 1.45. The molecule has 0 heterocycles. The van der Waals surface area contributed by atoms with Crippen LogP contribution in [-0.4, -0.2) is 29.7 Å². The van der Waals surface area contributed by atoms with Crippen LogP contribution < -0.4 is 10.6 Å². The van der Waals surface area contributed by atoms with Gasteiger partial charge in [-0.25, -0.2) is 9.59 Å². The van der Waals surface area contributed by atoms with Crippen molar-refractivity contribution in [1.29, 1.82) is 0 Å². The Balaban J connectivity index is 2.35. The van der Waals surface area contributed by atoms with Gasteiger partial charge in [0, 0.05) is 12.6 Å². The lowest BCUT2D eigenvalue weighted by Gasteiger charge is -2.10. The van der Waals surface area contributed by atoms with Crippen molar-refractivity contribution in [3.63, 3.8) is 0 Å². The van der Waals surface area contributed by atoms with Crippen LogP contribution in [0.15, 0.2) is 24.3 Å². The first-order valence-corrected chi connectivity index (χ1v) is 5.85. The van der Waals surface area contributed by atoms with Crippen molar-refractivity contribution < 1.29 is 14.7 Å². The van der Waals surface area contributed by atoms with Crippen LogP contribution in [0.4, 0.5) is 4.79 Å². The van der Waals surface area contributed by atoms with E-state index in [2.05, 4.69) is 10.6 Å². The van der Waals surface area contributed by atoms with Gasteiger partial charge in [0.2, 0.25) is 0 Å². The van der Waals surface area contributed by atoms with Gasteiger partial charge >= 0.3 is 12.0 Å². The average Bonchev–Trinajstić information content (AvgIpc) is 2.28. The number of aromatic carboxylic acids is 1. The van der Waals surface area contributed by atoms with E-state index in [1.807, 2.05) is 13.8 Å². The largest absolute Gasteiger partial charge is 0.478 e. The van der Waals surface area contributed by atoms with E-state index in [-0.39, 0.29) is 17.6 Å². The van der Waals surface area contributed by atoms with Gasteiger partial charge in [0.25, 0.3) is 0 Å². The number of urea groups is 1. The summed E-state index contributed by atoms with van der Waals surface area (Å²) in [5.41, 5.74) is 1.26. The molecule has 0 unspecified atom stereocenters. The number of nitrogens with one attached hydrogen (secondary N) is 2. The molecule has 98 valence electrons. The van der Waals surface area contributed by atoms with Gasteiger partial charge < -0.3 is 15.7 Å². The molecule has 0 fully saturated rings. The summed E-state index contributed by atoms with van der Waals surface area (Å²) in [7, 11) is 0. The molecule has 0 saturated carbocycles. The van der Waals surface area contributed by atoms with E-state index in [0.717, 1.165) is 5.56 Å². The molecule has 0 spiro atoms. The third-order valence-corrected chi connectivity index (χ3v) is 2.32. The first kappa shape index (κ1) is 14.0. The third kappa shape index (κ3) is 4.86. The number of amides is 2. The minimum atomic E-state index is -0.934. The zero-order valence-electron chi connectivity index (χ0n) is 10.6. The second kappa shape index (κ2) is 6.64. The Morgan fingerprint density at radius 3 is 2.33 bits per heavy atom. The van der Waals surface area contributed by atoms with Crippen LogP contribution in [0.25, 0.3) is 0 Å². The SMILES string of the molecule is CC(C)NC(=O)NCCc1ccc(C(=O)O)cc1. The standard InChI is InChI=1S/C13H18N2O3/c1-9(2)15-13(18)14-8-7-10-3-5-11(6-4-10)12(16)17/h3-6,9H,7-8H2,1-2H3,(H,16,17)(H2,14,15,18). The van der Waals surface area contributed by atoms with E-state index < -0.39 is 5.97 Å². The molecular formula is C13H18N2O3. The maximum Gasteiger partial charge on any atom is 0.335 e. The second-order valence-electron chi connectivity index (χ2n) is 4.31. The molecule has 0 aliphatic carbocycles. The molecule has 5 nitrogen and oxygen atoms in total. The summed E-state index contributed by atoms with van der Waals surface area (Å²) in [5, 5.41) is 14.2. The van der Waals surface area contributed by atoms with E-state index in [1.165, 1.54) is 0 Å². The van der Waals surface area contributed by atoms with Crippen molar-refractivity contribution in [2.75, 3.05) is 6.54 Å². The molecule has 0 bridgehead atoms. The lowest BCUT2D eigenvalue weighted by atomic mass is 10.1. The molecule has 1 rings (SSSR count). The molecule has 0 aliphatic rings. The summed E-state index contributed by atoms with van der Waals surface area (Å²) >= 11 is 0. The summed E-state index contributed by atoms with van der Waals surface area (Å²) in [4.78, 5) is 21.9. The van der Waals surface area contributed by atoms with Crippen LogP contribution >= 0.6 is 0 Å². The molecule has 0 aromatic heterocycles. The predicted molar refractivity (Wildman–Crippen MR) is 68.8 cm³/mol. The van der Waals surface area contributed by atoms with Gasteiger partial charge in [0.1, 0.15) is 0 Å². The number of hydrogen-bond donors (Lipinski definition) is 3. The van der Waals surface area contributed by atoms with Gasteiger partial charge in [0.05, 0.1) is 5.56 Å². The summed E-state index contributed by atoms with van der Waals surface area (Å²) in [6.07, 6.45) is 0.672. The molecule has 18 heavy (non-hydrogen) atoms. The molecule has 5 heteroatoms. The molecular weight excluding hydrogens is 232 g/mol. The highest BCUT2D eigenvalue weighted by Crippen LogP contribution is 2.04. The fourth-order valence-electron chi connectivity index (χ4n) is 1.45. The van der Waals surface area contributed by atoms with Crippen LogP contribution in [0.1, 0.15) is 29.8 Å². The number of carbonyl (C=O) groups is 2. The summed E-state index contributed by atoms with van der Waals surface area (Å²) in [6, 6.07) is 6.56. The number of carboxylic acids is 1. The first-order chi connectivity index (χ1) is 8.49. The van der Waals surface area contributed by atoms with Crippen molar-refractivity contribution in [2.45, 2.75) is 26.3 Å². The van der Waals surface area contributed by atoms with Gasteiger partial charge in [0.15, 0.2) is 0 Å². The number of rotatable bonds is 5. The zero-order chi connectivity index (χ0) is 13.5. The molecule has 3 N–H and O–H groups in total. The van der Waals surface area contributed by atoms with Gasteiger partial charge in [-0.05, 0) is 38.0 Å². The average molecular weight is 250 g/mol. The van der Waals surface area contributed by atoms with E-state index >= 15 is 0 Å². The lowest BCUT2D eigenvalue weighted by Crippen LogP contribution is -2.40. The Hall–Kier alpha value is -2.04. The molecule has 0 radical (unpaired) electrons. The van der Waals surface area contributed by atoms with Crippen molar-refractivity contribution in [3.05, 3.63) is 35.4 Å². The Morgan fingerprint density at radius 1 is 1.22 bits per heavy atom. The zero-order valence-corrected chi connectivity index (χ0v) is 10.6. The Bertz CT molecular complexity index is 413. The monoisotopic (exact) mass is 250 g/mol. The number of benzene rings is 1. The van der Waals surface area contributed by atoms with Gasteiger partial charge in [-0.15, -0.1) is 0 Å².